The summed E-state index contributed by atoms with van der Waals surface area (Å²) in [5.74, 6) is 0.101. The largest absolute Gasteiger partial charge is 0.409 e. The minimum absolute atomic E-state index is 0.101. The van der Waals surface area contributed by atoms with Gasteiger partial charge in [0.25, 0.3) is 0 Å². The molecule has 1 fully saturated rings. The van der Waals surface area contributed by atoms with E-state index in [9.17, 15) is 0 Å². The molecule has 0 bridgehead atoms. The number of hydrogen-bond donors (Lipinski definition) is 2. The van der Waals surface area contributed by atoms with Crippen molar-refractivity contribution in [3.63, 3.8) is 0 Å². The Morgan fingerprint density at radius 3 is 2.85 bits per heavy atom. The molecule has 2 rings (SSSR count). The van der Waals surface area contributed by atoms with E-state index in [4.69, 9.17) is 15.7 Å². The van der Waals surface area contributed by atoms with Crippen molar-refractivity contribution in [1.82, 2.24) is 0 Å². The van der Waals surface area contributed by atoms with Crippen LogP contribution < -0.4 is 10.6 Å². The van der Waals surface area contributed by atoms with Crippen molar-refractivity contribution in [3.05, 3.63) is 28.2 Å². The molecule has 1 atom stereocenters. The molecule has 1 aliphatic rings. The van der Waals surface area contributed by atoms with Gasteiger partial charge in [-0.1, -0.05) is 11.2 Å². The number of hydrogen-bond acceptors (Lipinski definition) is 4. The van der Waals surface area contributed by atoms with Gasteiger partial charge >= 0.3 is 0 Å². The number of morpholine rings is 1. The van der Waals surface area contributed by atoms with Crippen LogP contribution in [-0.2, 0) is 4.74 Å². The predicted octanol–water partition coefficient (Wildman–Crippen LogP) is 2.55. The van der Waals surface area contributed by atoms with Gasteiger partial charge in [0.15, 0.2) is 5.84 Å². The van der Waals surface area contributed by atoms with Crippen LogP contribution in [0.2, 0.25) is 0 Å². The first-order chi connectivity index (χ1) is 9.34. The second-order valence-corrected chi connectivity index (χ2v) is 6.54. The van der Waals surface area contributed by atoms with Crippen molar-refractivity contribution < 1.29 is 9.94 Å². The Kier molecular flexibility index (Phi) is 4.25. The van der Waals surface area contributed by atoms with Crippen molar-refractivity contribution >= 4 is 27.5 Å². The van der Waals surface area contributed by atoms with Crippen LogP contribution in [0.5, 0.6) is 0 Å². The summed E-state index contributed by atoms with van der Waals surface area (Å²) in [7, 11) is 0. The number of halogens is 1. The highest BCUT2D eigenvalue weighted by atomic mass is 79.9. The van der Waals surface area contributed by atoms with E-state index in [1.54, 1.807) is 0 Å². The summed E-state index contributed by atoms with van der Waals surface area (Å²) in [6, 6.07) is 5.80. The van der Waals surface area contributed by atoms with E-state index in [1.807, 2.05) is 18.2 Å². The smallest absolute Gasteiger partial charge is 0.173 e. The third-order valence-corrected chi connectivity index (χ3v) is 3.93. The van der Waals surface area contributed by atoms with Crippen molar-refractivity contribution in [2.75, 3.05) is 18.0 Å². The number of nitrogens with two attached hydrogens (primary N) is 1. The zero-order valence-corrected chi connectivity index (χ0v) is 13.5. The molecule has 0 saturated carbocycles. The lowest BCUT2D eigenvalue weighted by atomic mass is 10.0. The Balaban J connectivity index is 2.45. The normalized spacial score (nSPS) is 22.9. The van der Waals surface area contributed by atoms with Gasteiger partial charge in [0, 0.05) is 23.2 Å². The fourth-order valence-corrected chi connectivity index (χ4v) is 3.28. The van der Waals surface area contributed by atoms with Gasteiger partial charge in [0.05, 0.1) is 17.3 Å². The number of nitrogens with zero attached hydrogens (tertiary/aromatic N) is 2. The van der Waals surface area contributed by atoms with Gasteiger partial charge < -0.3 is 20.6 Å². The van der Waals surface area contributed by atoms with Crippen molar-refractivity contribution in [2.24, 2.45) is 10.9 Å². The Morgan fingerprint density at radius 2 is 2.25 bits per heavy atom. The van der Waals surface area contributed by atoms with Crippen LogP contribution >= 0.6 is 15.9 Å². The summed E-state index contributed by atoms with van der Waals surface area (Å²) in [5.41, 5.74) is 7.23. The van der Waals surface area contributed by atoms with Gasteiger partial charge in [0.2, 0.25) is 0 Å². The quantitative estimate of drug-likeness (QED) is 0.375. The Hall–Kier alpha value is -1.27. The molecule has 5 nitrogen and oxygen atoms in total. The maximum atomic E-state index is 8.99. The van der Waals surface area contributed by atoms with E-state index in [1.165, 1.54) is 0 Å². The minimum Gasteiger partial charge on any atom is -0.409 e. The molecular formula is C14H20BrN3O2. The first-order valence-electron chi connectivity index (χ1n) is 6.53. The van der Waals surface area contributed by atoms with Crippen LogP contribution in [-0.4, -0.2) is 35.8 Å². The van der Waals surface area contributed by atoms with Crippen LogP contribution in [0.25, 0.3) is 0 Å². The van der Waals surface area contributed by atoms with E-state index >= 15 is 0 Å². The lowest BCUT2D eigenvalue weighted by Crippen LogP contribution is -2.52. The van der Waals surface area contributed by atoms with Crippen molar-refractivity contribution in [2.45, 2.75) is 32.5 Å². The van der Waals surface area contributed by atoms with Crippen LogP contribution in [0.15, 0.2) is 27.8 Å². The number of oxime groups is 1. The zero-order chi connectivity index (χ0) is 14.9. The lowest BCUT2D eigenvalue weighted by molar-refractivity contribution is -0.0749. The summed E-state index contributed by atoms with van der Waals surface area (Å²) in [6.07, 6.45) is 0.123. The molecule has 0 amide bonds. The Morgan fingerprint density at radius 1 is 1.55 bits per heavy atom. The number of rotatable bonds is 2. The monoisotopic (exact) mass is 341 g/mol. The van der Waals surface area contributed by atoms with Crippen LogP contribution in [0.1, 0.15) is 26.3 Å². The predicted molar refractivity (Wildman–Crippen MR) is 83.5 cm³/mol. The SMILES string of the molecule is CC1CN(c2cccc(Br)c2/C(N)=N/O)CC(C)(C)O1. The maximum Gasteiger partial charge on any atom is 0.173 e. The molecule has 20 heavy (non-hydrogen) atoms. The first kappa shape index (κ1) is 15.1. The summed E-state index contributed by atoms with van der Waals surface area (Å²) in [5, 5.41) is 12.1. The first-order valence-corrected chi connectivity index (χ1v) is 7.32. The molecule has 0 spiro atoms. The molecule has 1 unspecified atom stereocenters. The molecule has 1 saturated heterocycles. The van der Waals surface area contributed by atoms with Crippen LogP contribution in [0, 0.1) is 0 Å². The standard InChI is InChI=1S/C14H20BrN3O2/c1-9-7-18(8-14(2,3)20-9)11-6-4-5-10(15)12(11)13(16)17-19/h4-6,9,19H,7-8H2,1-3H3,(H2,16,17). The zero-order valence-electron chi connectivity index (χ0n) is 11.9. The summed E-state index contributed by atoms with van der Waals surface area (Å²) in [4.78, 5) is 2.21. The fraction of sp³-hybridized carbons (Fsp3) is 0.500. The van der Waals surface area contributed by atoms with E-state index in [-0.39, 0.29) is 17.5 Å². The van der Waals surface area contributed by atoms with Crippen molar-refractivity contribution in [1.29, 1.82) is 0 Å². The Labute approximate surface area is 127 Å². The molecule has 6 heteroatoms. The highest BCUT2D eigenvalue weighted by Gasteiger charge is 2.32. The van der Waals surface area contributed by atoms with E-state index < -0.39 is 0 Å². The second kappa shape index (κ2) is 5.61. The summed E-state index contributed by atoms with van der Waals surface area (Å²) in [6.45, 7) is 7.70. The average Bonchev–Trinajstić information content (AvgIpc) is 2.35. The summed E-state index contributed by atoms with van der Waals surface area (Å²) < 4.78 is 6.73. The average molecular weight is 342 g/mol. The number of benzene rings is 1. The third-order valence-electron chi connectivity index (χ3n) is 3.27. The molecule has 1 heterocycles. The minimum atomic E-state index is -0.234. The Bertz CT molecular complexity index is 531. The van der Waals surface area contributed by atoms with Crippen LogP contribution in [0.3, 0.4) is 0 Å². The third kappa shape index (κ3) is 3.07. The molecule has 0 radical (unpaired) electrons. The fourth-order valence-electron chi connectivity index (χ4n) is 2.72. The molecule has 3 N–H and O–H groups in total. The second-order valence-electron chi connectivity index (χ2n) is 5.69. The van der Waals surface area contributed by atoms with Gasteiger partial charge in [-0.3, -0.25) is 0 Å². The topological polar surface area (TPSA) is 71.1 Å². The van der Waals surface area contributed by atoms with Crippen LogP contribution in [0.4, 0.5) is 5.69 Å². The number of amidine groups is 1. The van der Waals surface area contributed by atoms with E-state index in [0.717, 1.165) is 23.2 Å². The molecule has 0 aromatic heterocycles. The highest BCUT2D eigenvalue weighted by molar-refractivity contribution is 9.10. The van der Waals surface area contributed by atoms with Gasteiger partial charge in [0.1, 0.15) is 0 Å². The molecule has 0 aliphatic carbocycles. The van der Waals surface area contributed by atoms with E-state index in [0.29, 0.717) is 5.56 Å². The maximum absolute atomic E-state index is 8.99. The van der Waals surface area contributed by atoms with Gasteiger partial charge in [-0.15, -0.1) is 0 Å². The lowest BCUT2D eigenvalue weighted by Gasteiger charge is -2.43. The highest BCUT2D eigenvalue weighted by Crippen LogP contribution is 2.32. The van der Waals surface area contributed by atoms with Gasteiger partial charge in [-0.25, -0.2) is 0 Å². The van der Waals surface area contributed by atoms with Gasteiger partial charge in [-0.2, -0.15) is 0 Å². The molecule has 110 valence electrons. The van der Waals surface area contributed by atoms with E-state index in [2.05, 4.69) is 46.8 Å². The molecular weight excluding hydrogens is 322 g/mol. The number of ether oxygens (including phenoxy) is 1. The molecule has 1 aromatic carbocycles. The molecule has 1 aromatic rings. The van der Waals surface area contributed by atoms with Gasteiger partial charge in [-0.05, 0) is 48.8 Å². The number of anilines is 1. The molecule has 1 aliphatic heterocycles. The van der Waals surface area contributed by atoms with Crippen molar-refractivity contribution in [3.8, 4) is 0 Å². The summed E-state index contributed by atoms with van der Waals surface area (Å²) >= 11 is 3.47.